The van der Waals surface area contributed by atoms with Gasteiger partial charge in [0, 0.05) is 10.6 Å². The van der Waals surface area contributed by atoms with Gasteiger partial charge in [0.2, 0.25) is 5.78 Å². The number of rotatable bonds is 3. The first kappa shape index (κ1) is 16.6. The van der Waals surface area contributed by atoms with Crippen molar-refractivity contribution in [1.82, 2.24) is 4.98 Å². The van der Waals surface area contributed by atoms with Crippen molar-refractivity contribution in [1.29, 1.82) is 0 Å². The maximum absolute atomic E-state index is 13.5. The van der Waals surface area contributed by atoms with Gasteiger partial charge in [-0.25, -0.2) is 4.98 Å². The second-order valence-corrected chi connectivity index (χ2v) is 5.61. The highest BCUT2D eigenvalue weighted by atomic mass is 35.5. The van der Waals surface area contributed by atoms with Crippen LogP contribution in [0.25, 0.3) is 0 Å². The third kappa shape index (κ3) is 2.91. The van der Waals surface area contributed by atoms with Gasteiger partial charge in [-0.3, -0.25) is 4.79 Å². The Bertz CT molecular complexity index is 711. The SMILES string of the molecule is Nc1nc(C(F)(F)C(F)(F)F)c(C(=O)c2ccc(Cl)cc2)s1. The second-order valence-electron chi connectivity index (χ2n) is 4.14. The summed E-state index contributed by atoms with van der Waals surface area (Å²) in [6.07, 6.45) is -5.89. The molecule has 0 spiro atoms. The fraction of sp³-hybridized carbons (Fsp3) is 0.167. The van der Waals surface area contributed by atoms with E-state index in [0.717, 1.165) is 0 Å². The quantitative estimate of drug-likeness (QED) is 0.660. The minimum atomic E-state index is -5.89. The van der Waals surface area contributed by atoms with Crippen LogP contribution in [0.15, 0.2) is 24.3 Å². The van der Waals surface area contributed by atoms with E-state index in [1.807, 2.05) is 0 Å². The number of anilines is 1. The molecule has 1 aromatic heterocycles. The summed E-state index contributed by atoms with van der Waals surface area (Å²) in [6.45, 7) is 0. The average Bonchev–Trinajstić information content (AvgIpc) is 2.80. The van der Waals surface area contributed by atoms with Crippen molar-refractivity contribution < 1.29 is 26.7 Å². The number of carbonyl (C=O) groups is 1. The Balaban J connectivity index is 2.53. The van der Waals surface area contributed by atoms with Crippen LogP contribution in [0, 0.1) is 0 Å². The van der Waals surface area contributed by atoms with Crippen LogP contribution in [-0.4, -0.2) is 16.9 Å². The van der Waals surface area contributed by atoms with Crippen LogP contribution in [0.1, 0.15) is 20.9 Å². The van der Waals surface area contributed by atoms with Crippen molar-refractivity contribution >= 4 is 33.9 Å². The third-order valence-electron chi connectivity index (χ3n) is 2.61. The molecule has 0 amide bonds. The summed E-state index contributed by atoms with van der Waals surface area (Å²) >= 11 is 5.89. The summed E-state index contributed by atoms with van der Waals surface area (Å²) in [5.74, 6) is -6.32. The summed E-state index contributed by atoms with van der Waals surface area (Å²) in [4.78, 5) is 14.3. The molecule has 3 nitrogen and oxygen atoms in total. The van der Waals surface area contributed by atoms with Crippen LogP contribution in [0.2, 0.25) is 5.02 Å². The molecular weight excluding hydrogens is 351 g/mol. The van der Waals surface area contributed by atoms with E-state index in [0.29, 0.717) is 0 Å². The van der Waals surface area contributed by atoms with Crippen molar-refractivity contribution in [2.45, 2.75) is 12.1 Å². The Kier molecular flexibility index (Phi) is 4.14. The largest absolute Gasteiger partial charge is 0.459 e. The Labute approximate surface area is 129 Å². The molecule has 22 heavy (non-hydrogen) atoms. The summed E-state index contributed by atoms with van der Waals surface area (Å²) in [7, 11) is 0. The van der Waals surface area contributed by atoms with E-state index in [4.69, 9.17) is 17.3 Å². The number of nitrogens with two attached hydrogens (primary N) is 1. The fourth-order valence-corrected chi connectivity index (χ4v) is 2.52. The van der Waals surface area contributed by atoms with E-state index in [1.165, 1.54) is 24.3 Å². The van der Waals surface area contributed by atoms with Crippen molar-refractivity contribution in [2.75, 3.05) is 5.73 Å². The lowest BCUT2D eigenvalue weighted by atomic mass is 10.1. The van der Waals surface area contributed by atoms with E-state index >= 15 is 0 Å². The smallest absolute Gasteiger partial charge is 0.375 e. The van der Waals surface area contributed by atoms with Gasteiger partial charge >= 0.3 is 12.1 Å². The fourth-order valence-electron chi connectivity index (χ4n) is 1.57. The van der Waals surface area contributed by atoms with E-state index < -0.39 is 33.6 Å². The Hall–Kier alpha value is -1.74. The van der Waals surface area contributed by atoms with Crippen molar-refractivity contribution in [3.63, 3.8) is 0 Å². The summed E-state index contributed by atoms with van der Waals surface area (Å²) in [5, 5.41) is -0.280. The van der Waals surface area contributed by atoms with Crippen LogP contribution >= 0.6 is 22.9 Å². The molecule has 0 fully saturated rings. The lowest BCUT2D eigenvalue weighted by molar-refractivity contribution is -0.290. The number of aromatic nitrogens is 1. The maximum Gasteiger partial charge on any atom is 0.459 e. The molecule has 0 radical (unpaired) electrons. The summed E-state index contributed by atoms with van der Waals surface area (Å²) < 4.78 is 64.4. The highest BCUT2D eigenvalue weighted by molar-refractivity contribution is 7.17. The lowest BCUT2D eigenvalue weighted by Gasteiger charge is -2.18. The molecule has 0 atom stereocenters. The number of nitrogen functional groups attached to an aromatic ring is 1. The minimum absolute atomic E-state index is 0.104. The van der Waals surface area contributed by atoms with Crippen molar-refractivity contribution in [2.24, 2.45) is 0 Å². The molecule has 1 aromatic carbocycles. The third-order valence-corrected chi connectivity index (χ3v) is 3.75. The first-order valence-electron chi connectivity index (χ1n) is 5.55. The Morgan fingerprint density at radius 2 is 1.68 bits per heavy atom. The number of benzene rings is 1. The number of halogens is 6. The van der Waals surface area contributed by atoms with E-state index in [-0.39, 0.29) is 21.9 Å². The standard InChI is InChI=1S/C12H6ClF5N2OS/c13-6-3-1-5(2-4-6)7(21)8-9(20-10(19)22-8)11(14,15)12(16,17)18/h1-4H,(H2,19,20). The molecule has 2 N–H and O–H groups in total. The topological polar surface area (TPSA) is 56.0 Å². The zero-order chi connectivity index (χ0) is 16.7. The van der Waals surface area contributed by atoms with Crippen molar-refractivity contribution in [3.8, 4) is 0 Å². The maximum atomic E-state index is 13.5. The summed E-state index contributed by atoms with van der Waals surface area (Å²) in [6, 6.07) is 5.02. The van der Waals surface area contributed by atoms with Crippen LogP contribution in [0.3, 0.4) is 0 Å². The normalized spacial score (nSPS) is 12.5. The van der Waals surface area contributed by atoms with E-state index in [2.05, 4.69) is 4.98 Å². The molecule has 0 saturated carbocycles. The van der Waals surface area contributed by atoms with Crippen LogP contribution in [-0.2, 0) is 5.92 Å². The Morgan fingerprint density at radius 1 is 1.14 bits per heavy atom. The van der Waals surface area contributed by atoms with Crippen LogP contribution < -0.4 is 5.73 Å². The molecule has 10 heteroatoms. The number of carbonyl (C=O) groups excluding carboxylic acids is 1. The predicted molar refractivity (Wildman–Crippen MR) is 71.4 cm³/mol. The minimum Gasteiger partial charge on any atom is -0.375 e. The zero-order valence-corrected chi connectivity index (χ0v) is 12.0. The molecule has 1 heterocycles. The molecule has 118 valence electrons. The molecule has 0 bridgehead atoms. The zero-order valence-electron chi connectivity index (χ0n) is 10.4. The first-order valence-corrected chi connectivity index (χ1v) is 6.75. The number of hydrogen-bond donors (Lipinski definition) is 1. The highest BCUT2D eigenvalue weighted by Gasteiger charge is 2.61. The first-order chi connectivity index (χ1) is 10.0. The molecular formula is C12H6ClF5N2OS. The molecule has 2 aromatic rings. The van der Waals surface area contributed by atoms with Gasteiger partial charge in [0.15, 0.2) is 5.13 Å². The van der Waals surface area contributed by atoms with Gasteiger partial charge in [-0.1, -0.05) is 22.9 Å². The number of ketones is 1. The number of nitrogens with zero attached hydrogens (tertiary/aromatic N) is 1. The molecule has 0 aliphatic heterocycles. The van der Waals surface area contributed by atoms with Crippen molar-refractivity contribution in [3.05, 3.63) is 45.4 Å². The average molecular weight is 357 g/mol. The summed E-state index contributed by atoms with van der Waals surface area (Å²) in [5.41, 5.74) is 3.40. The molecule has 0 aliphatic carbocycles. The van der Waals surface area contributed by atoms with Gasteiger partial charge in [-0.05, 0) is 24.3 Å². The van der Waals surface area contributed by atoms with Gasteiger partial charge in [0.1, 0.15) is 10.6 Å². The highest BCUT2D eigenvalue weighted by Crippen LogP contribution is 2.46. The van der Waals surface area contributed by atoms with Crippen LogP contribution in [0.5, 0.6) is 0 Å². The monoisotopic (exact) mass is 356 g/mol. The Morgan fingerprint density at radius 3 is 2.18 bits per heavy atom. The van der Waals surface area contributed by atoms with Gasteiger partial charge in [0.05, 0.1) is 0 Å². The van der Waals surface area contributed by atoms with Gasteiger partial charge in [-0.15, -0.1) is 0 Å². The predicted octanol–water partition coefficient (Wildman–Crippen LogP) is 4.26. The lowest BCUT2D eigenvalue weighted by Crippen LogP contribution is -2.35. The second kappa shape index (κ2) is 5.47. The van der Waals surface area contributed by atoms with Gasteiger partial charge in [0.25, 0.3) is 0 Å². The van der Waals surface area contributed by atoms with Gasteiger partial charge < -0.3 is 5.73 Å². The van der Waals surface area contributed by atoms with E-state index in [1.54, 1.807) is 0 Å². The molecule has 0 unspecified atom stereocenters. The molecule has 0 aliphatic rings. The number of hydrogen-bond acceptors (Lipinski definition) is 4. The molecule has 2 rings (SSSR count). The van der Waals surface area contributed by atoms with E-state index in [9.17, 15) is 26.7 Å². The van der Waals surface area contributed by atoms with Crippen LogP contribution in [0.4, 0.5) is 27.1 Å². The molecule has 0 saturated heterocycles. The number of thiazole rings is 1. The van der Waals surface area contributed by atoms with Gasteiger partial charge in [-0.2, -0.15) is 22.0 Å². The number of alkyl halides is 5.